The Hall–Kier alpha value is -1.70. The molecule has 2 heteroatoms. The van der Waals surface area contributed by atoms with Gasteiger partial charge < -0.3 is 0 Å². The largest absolute Gasteiger partial charge is 0.207 e. The summed E-state index contributed by atoms with van der Waals surface area (Å²) < 4.78 is 29.8. The molecule has 2 unspecified atom stereocenters. The van der Waals surface area contributed by atoms with Crippen LogP contribution in [0.5, 0.6) is 0 Å². The zero-order valence-corrected chi connectivity index (χ0v) is 21.4. The molecule has 0 bridgehead atoms. The van der Waals surface area contributed by atoms with Crippen LogP contribution < -0.4 is 0 Å². The van der Waals surface area contributed by atoms with E-state index in [4.69, 9.17) is 0 Å². The van der Waals surface area contributed by atoms with Crippen molar-refractivity contribution in [2.45, 2.75) is 110 Å². The van der Waals surface area contributed by atoms with Gasteiger partial charge in [0.15, 0.2) is 0 Å². The maximum absolute atomic E-state index is 15.1. The molecule has 0 aliphatic heterocycles. The molecule has 4 rings (SSSR count). The van der Waals surface area contributed by atoms with Crippen LogP contribution in [0, 0.1) is 29.4 Å². The van der Waals surface area contributed by atoms with Crippen LogP contribution in [0.3, 0.4) is 0 Å². The minimum absolute atomic E-state index is 0.223. The normalized spacial score (nSPS) is 25.2. The van der Waals surface area contributed by atoms with E-state index < -0.39 is 5.82 Å². The lowest BCUT2D eigenvalue weighted by atomic mass is 9.63. The molecule has 2 aliphatic rings. The van der Waals surface area contributed by atoms with Gasteiger partial charge in [0.2, 0.25) is 0 Å². The van der Waals surface area contributed by atoms with Gasteiger partial charge in [-0.2, -0.15) is 0 Å². The summed E-state index contributed by atoms with van der Waals surface area (Å²) in [5, 5.41) is 1.28. The van der Waals surface area contributed by atoms with E-state index in [9.17, 15) is 4.39 Å². The second kappa shape index (κ2) is 12.3. The van der Waals surface area contributed by atoms with Gasteiger partial charge in [-0.25, -0.2) is 8.78 Å². The van der Waals surface area contributed by atoms with E-state index in [0.717, 1.165) is 23.1 Å². The minimum atomic E-state index is -0.400. The molecule has 0 heterocycles. The van der Waals surface area contributed by atoms with Crippen molar-refractivity contribution in [3.63, 3.8) is 0 Å². The summed E-state index contributed by atoms with van der Waals surface area (Å²) in [7, 11) is 0. The Morgan fingerprint density at radius 2 is 1.71 bits per heavy atom. The summed E-state index contributed by atoms with van der Waals surface area (Å²) in [5.41, 5.74) is 1.51. The summed E-state index contributed by atoms with van der Waals surface area (Å²) in [5.74, 6) is 2.46. The van der Waals surface area contributed by atoms with Crippen LogP contribution in [0.15, 0.2) is 36.4 Å². The quantitative estimate of drug-likeness (QED) is 0.241. The lowest BCUT2D eigenvalue weighted by Crippen LogP contribution is -2.30. The molecule has 34 heavy (non-hydrogen) atoms. The van der Waals surface area contributed by atoms with Crippen LogP contribution in [-0.4, -0.2) is 0 Å². The van der Waals surface area contributed by atoms with Gasteiger partial charge in [0.25, 0.3) is 0 Å². The van der Waals surface area contributed by atoms with Gasteiger partial charge in [0, 0.05) is 10.9 Å². The molecule has 0 radical (unpaired) electrons. The fourth-order valence-corrected chi connectivity index (χ4v) is 6.86. The Balaban J connectivity index is 1.37. The molecule has 2 aromatic rings. The number of fused-ring (bicyclic) bond motifs is 2. The SMILES string of the molecule is C/C=C/CCc1c(F)cc2cc([C@@H]3CC[C@@H]4CC(CCCCCCC)CCC4C3)ccc2c1F. The van der Waals surface area contributed by atoms with Gasteiger partial charge in [-0.05, 0) is 92.6 Å². The fraction of sp³-hybridized carbons (Fsp3) is 0.625. The van der Waals surface area contributed by atoms with Crippen molar-refractivity contribution >= 4 is 10.8 Å². The van der Waals surface area contributed by atoms with E-state index in [-0.39, 0.29) is 11.4 Å². The van der Waals surface area contributed by atoms with Gasteiger partial charge in [0.1, 0.15) is 11.6 Å². The smallest absolute Gasteiger partial charge is 0.137 e. The van der Waals surface area contributed by atoms with E-state index in [1.165, 1.54) is 82.6 Å². The molecule has 0 spiro atoms. The van der Waals surface area contributed by atoms with Crippen LogP contribution in [-0.2, 0) is 6.42 Å². The molecule has 0 amide bonds. The van der Waals surface area contributed by atoms with Crippen molar-refractivity contribution in [3.8, 4) is 0 Å². The summed E-state index contributed by atoms with van der Waals surface area (Å²) in [6, 6.07) is 7.65. The molecule has 4 atom stereocenters. The van der Waals surface area contributed by atoms with Gasteiger partial charge >= 0.3 is 0 Å². The first-order valence-corrected chi connectivity index (χ1v) is 14.1. The molecule has 0 nitrogen and oxygen atoms in total. The first-order chi connectivity index (χ1) is 16.6. The summed E-state index contributed by atoms with van der Waals surface area (Å²) in [6.07, 6.45) is 21.4. The van der Waals surface area contributed by atoms with E-state index in [1.54, 1.807) is 6.07 Å². The van der Waals surface area contributed by atoms with Gasteiger partial charge in [0.05, 0.1) is 0 Å². The molecule has 0 aromatic heterocycles. The van der Waals surface area contributed by atoms with Crippen molar-refractivity contribution in [2.24, 2.45) is 17.8 Å². The van der Waals surface area contributed by atoms with E-state index in [0.29, 0.717) is 24.1 Å². The Labute approximate surface area is 206 Å². The van der Waals surface area contributed by atoms with Crippen LogP contribution >= 0.6 is 0 Å². The predicted octanol–water partition coefficient (Wildman–Crippen LogP) is 10.3. The first-order valence-electron chi connectivity index (χ1n) is 14.1. The average molecular weight is 467 g/mol. The van der Waals surface area contributed by atoms with Crippen molar-refractivity contribution in [2.75, 3.05) is 0 Å². The molecule has 0 saturated heterocycles. The predicted molar refractivity (Wildman–Crippen MR) is 141 cm³/mol. The second-order valence-electron chi connectivity index (χ2n) is 11.2. The number of unbranched alkanes of at least 4 members (excludes halogenated alkanes) is 4. The molecule has 2 saturated carbocycles. The highest BCUT2D eigenvalue weighted by molar-refractivity contribution is 5.85. The van der Waals surface area contributed by atoms with Crippen LogP contribution in [0.4, 0.5) is 8.78 Å². The molecule has 2 aromatic carbocycles. The first kappa shape index (κ1) is 25.4. The Morgan fingerprint density at radius 3 is 2.53 bits per heavy atom. The minimum Gasteiger partial charge on any atom is -0.207 e. The highest BCUT2D eigenvalue weighted by Crippen LogP contribution is 2.48. The molecular weight excluding hydrogens is 422 g/mol. The maximum Gasteiger partial charge on any atom is 0.137 e. The highest BCUT2D eigenvalue weighted by atomic mass is 19.1. The lowest BCUT2D eigenvalue weighted by Gasteiger charge is -2.42. The van der Waals surface area contributed by atoms with Crippen LogP contribution in [0.25, 0.3) is 10.8 Å². The van der Waals surface area contributed by atoms with Gasteiger partial charge in [-0.1, -0.05) is 82.2 Å². The number of hydrogen-bond acceptors (Lipinski definition) is 0. The second-order valence-corrected chi connectivity index (χ2v) is 11.2. The van der Waals surface area contributed by atoms with Crippen LogP contribution in [0.2, 0.25) is 0 Å². The monoisotopic (exact) mass is 466 g/mol. The van der Waals surface area contributed by atoms with E-state index in [1.807, 2.05) is 25.1 Å². The number of allylic oxidation sites excluding steroid dienone is 2. The third-order valence-corrected chi connectivity index (χ3v) is 8.85. The lowest BCUT2D eigenvalue weighted by molar-refractivity contribution is 0.113. The van der Waals surface area contributed by atoms with Crippen LogP contribution in [0.1, 0.15) is 114 Å². The maximum atomic E-state index is 15.1. The summed E-state index contributed by atoms with van der Waals surface area (Å²) in [6.45, 7) is 4.22. The van der Waals surface area contributed by atoms with Crippen molar-refractivity contribution in [1.82, 2.24) is 0 Å². The third kappa shape index (κ3) is 6.10. The van der Waals surface area contributed by atoms with E-state index in [2.05, 4.69) is 19.1 Å². The van der Waals surface area contributed by atoms with Gasteiger partial charge in [-0.15, -0.1) is 0 Å². The third-order valence-electron chi connectivity index (χ3n) is 8.85. The number of rotatable bonds is 10. The molecule has 2 aliphatic carbocycles. The molecule has 2 fully saturated rings. The van der Waals surface area contributed by atoms with Crippen molar-refractivity contribution in [1.29, 1.82) is 0 Å². The van der Waals surface area contributed by atoms with Crippen molar-refractivity contribution in [3.05, 3.63) is 59.2 Å². The zero-order valence-electron chi connectivity index (χ0n) is 21.4. The van der Waals surface area contributed by atoms with Crippen molar-refractivity contribution < 1.29 is 8.78 Å². The Kier molecular flexibility index (Phi) is 9.20. The van der Waals surface area contributed by atoms with Gasteiger partial charge in [-0.3, -0.25) is 0 Å². The number of hydrogen-bond donors (Lipinski definition) is 0. The van der Waals surface area contributed by atoms with E-state index >= 15 is 4.39 Å². The Bertz CT molecular complexity index is 959. The summed E-state index contributed by atoms with van der Waals surface area (Å²) in [4.78, 5) is 0. The number of halogens is 2. The topological polar surface area (TPSA) is 0 Å². The molecule has 0 N–H and O–H groups in total. The highest BCUT2D eigenvalue weighted by Gasteiger charge is 2.35. The average Bonchev–Trinajstić information content (AvgIpc) is 2.85. The number of benzene rings is 2. The zero-order chi connectivity index (χ0) is 23.9. The molecule has 186 valence electrons. The molecular formula is C32H44F2. The fourth-order valence-electron chi connectivity index (χ4n) is 6.86. The summed E-state index contributed by atoms with van der Waals surface area (Å²) >= 11 is 0. The standard InChI is InChI=1S/C32H44F2/c1-3-5-7-8-10-11-23-13-14-25-20-26(16-15-24(25)19-23)27-17-18-29-28(21-27)22-31(33)30(32(29)34)12-9-6-4-2/h4,6,17-18,21-26H,3,5,7-16,19-20H2,1-2H3/b6-4+/t23?,24-,25?,26-/m1/s1. The Morgan fingerprint density at radius 1 is 0.912 bits per heavy atom.